The van der Waals surface area contributed by atoms with Gasteiger partial charge in [-0.05, 0) is 13.0 Å². The average Bonchev–Trinajstić information content (AvgIpc) is 1.82. The minimum absolute atomic E-state index is 0.0818. The Labute approximate surface area is 63.2 Å². The summed E-state index contributed by atoms with van der Waals surface area (Å²) < 4.78 is 4.68. The molecule has 0 saturated carbocycles. The highest BCUT2D eigenvalue weighted by Crippen LogP contribution is 1.88. The third-order valence-corrected chi connectivity index (χ3v) is 1.27. The Morgan fingerprint density at radius 2 is 2.10 bits per heavy atom. The van der Waals surface area contributed by atoms with Crippen molar-refractivity contribution >= 4 is 22.0 Å². The van der Waals surface area contributed by atoms with E-state index in [0.717, 1.165) is 16.3 Å². The molecule has 0 heterocycles. The fourth-order valence-corrected chi connectivity index (χ4v) is 0.674. The van der Waals surface area contributed by atoms with Crippen LogP contribution in [0.2, 0.25) is 6.04 Å². The number of rotatable bonds is 4. The molecule has 0 aromatic rings. The molecule has 0 bridgehead atoms. The van der Waals surface area contributed by atoms with E-state index >= 15 is 0 Å². The van der Waals surface area contributed by atoms with Gasteiger partial charge >= 0.3 is 5.97 Å². The number of carbonyl (C=O) groups excluding carboxylic acids is 2. The largest absolute Gasteiger partial charge is 0.466 e. The molecule has 0 saturated heterocycles. The third-order valence-electron chi connectivity index (χ3n) is 0.860. The summed E-state index contributed by atoms with van der Waals surface area (Å²) in [6.45, 7) is 1.85. The van der Waals surface area contributed by atoms with E-state index in [1.165, 1.54) is 6.92 Å². The molecular formula is C6H12O3Si. The molecule has 0 amide bonds. The van der Waals surface area contributed by atoms with Crippen molar-refractivity contribution in [1.82, 2.24) is 0 Å². The standard InChI is InChI=1S/C6H12O3Si/c1-5(7)4-6(8)9-2-3-10/h2-4H2,1,10H3. The van der Waals surface area contributed by atoms with Gasteiger partial charge in [-0.2, -0.15) is 0 Å². The van der Waals surface area contributed by atoms with Crippen LogP contribution in [-0.2, 0) is 14.3 Å². The zero-order valence-corrected chi connectivity index (χ0v) is 8.35. The Kier molecular flexibility index (Phi) is 4.83. The number of ether oxygens (including phenoxy) is 1. The van der Waals surface area contributed by atoms with Gasteiger partial charge in [0.15, 0.2) is 0 Å². The first-order chi connectivity index (χ1) is 4.66. The lowest BCUT2D eigenvalue weighted by atomic mass is 10.3. The van der Waals surface area contributed by atoms with Gasteiger partial charge in [-0.25, -0.2) is 0 Å². The van der Waals surface area contributed by atoms with Crippen molar-refractivity contribution in [3.63, 3.8) is 0 Å². The first-order valence-electron chi connectivity index (χ1n) is 3.32. The highest BCUT2D eigenvalue weighted by Gasteiger charge is 2.04. The second-order valence-electron chi connectivity index (χ2n) is 2.10. The number of Topliss-reactive ketones (excluding diaryl/α,β-unsaturated/α-hetero) is 1. The van der Waals surface area contributed by atoms with Crippen LogP contribution < -0.4 is 0 Å². The Morgan fingerprint density at radius 1 is 1.50 bits per heavy atom. The summed E-state index contributed by atoms with van der Waals surface area (Å²) >= 11 is 0. The SMILES string of the molecule is CC(=O)CC(=O)OCC[SiH3]. The first kappa shape index (κ1) is 9.36. The summed E-state index contributed by atoms with van der Waals surface area (Å²) in [4.78, 5) is 20.9. The van der Waals surface area contributed by atoms with Gasteiger partial charge in [0.05, 0.1) is 6.61 Å². The first-order valence-corrected chi connectivity index (χ1v) is 4.73. The van der Waals surface area contributed by atoms with Crippen molar-refractivity contribution in [1.29, 1.82) is 0 Å². The summed E-state index contributed by atoms with van der Waals surface area (Å²) in [5.41, 5.74) is 0. The van der Waals surface area contributed by atoms with Crippen LogP contribution in [0, 0.1) is 0 Å². The van der Waals surface area contributed by atoms with Crippen LogP contribution in [0.3, 0.4) is 0 Å². The summed E-state index contributed by atoms with van der Waals surface area (Å²) in [6, 6.07) is 0.934. The van der Waals surface area contributed by atoms with Crippen LogP contribution in [0.5, 0.6) is 0 Å². The van der Waals surface area contributed by atoms with Gasteiger partial charge in [0.2, 0.25) is 0 Å². The highest BCUT2D eigenvalue weighted by molar-refractivity contribution is 6.08. The van der Waals surface area contributed by atoms with E-state index in [1.807, 2.05) is 0 Å². The molecule has 0 aliphatic carbocycles. The second kappa shape index (κ2) is 5.17. The van der Waals surface area contributed by atoms with Crippen molar-refractivity contribution in [2.24, 2.45) is 0 Å². The topological polar surface area (TPSA) is 43.4 Å². The lowest BCUT2D eigenvalue weighted by molar-refractivity contribution is -0.145. The number of hydrogen-bond acceptors (Lipinski definition) is 3. The molecule has 10 heavy (non-hydrogen) atoms. The normalized spacial score (nSPS) is 9.30. The molecule has 0 aliphatic rings. The van der Waals surface area contributed by atoms with E-state index in [0.29, 0.717) is 6.61 Å². The molecule has 0 atom stereocenters. The van der Waals surface area contributed by atoms with Gasteiger partial charge < -0.3 is 4.74 Å². The van der Waals surface area contributed by atoms with E-state index in [9.17, 15) is 9.59 Å². The molecule has 0 rings (SSSR count). The molecule has 58 valence electrons. The van der Waals surface area contributed by atoms with E-state index in [-0.39, 0.29) is 12.2 Å². The lowest BCUT2D eigenvalue weighted by Gasteiger charge is -1.98. The fraction of sp³-hybridized carbons (Fsp3) is 0.667. The average molecular weight is 160 g/mol. The quantitative estimate of drug-likeness (QED) is 0.310. The van der Waals surface area contributed by atoms with Crippen molar-refractivity contribution in [2.45, 2.75) is 19.4 Å². The number of ketones is 1. The van der Waals surface area contributed by atoms with Crippen molar-refractivity contribution in [3.8, 4) is 0 Å². The molecule has 0 radical (unpaired) electrons. The molecule has 0 N–H and O–H groups in total. The Morgan fingerprint density at radius 3 is 2.50 bits per heavy atom. The number of carbonyl (C=O) groups is 2. The van der Waals surface area contributed by atoms with Crippen molar-refractivity contribution in [2.75, 3.05) is 6.61 Å². The maximum atomic E-state index is 10.6. The predicted octanol–water partition coefficient (Wildman–Crippen LogP) is -0.708. The summed E-state index contributed by atoms with van der Waals surface area (Å²) in [5.74, 6) is -0.540. The van der Waals surface area contributed by atoms with E-state index < -0.39 is 5.97 Å². The molecule has 0 aromatic carbocycles. The Hall–Kier alpha value is -0.643. The van der Waals surface area contributed by atoms with Crippen LogP contribution in [-0.4, -0.2) is 28.6 Å². The predicted molar refractivity (Wildman–Crippen MR) is 41.0 cm³/mol. The summed E-state index contributed by atoms with van der Waals surface area (Å²) in [6.07, 6.45) is -0.0818. The smallest absolute Gasteiger partial charge is 0.313 e. The molecule has 0 unspecified atom stereocenters. The Balaban J connectivity index is 3.35. The van der Waals surface area contributed by atoms with Gasteiger partial charge in [0.1, 0.15) is 12.2 Å². The van der Waals surface area contributed by atoms with Crippen molar-refractivity contribution < 1.29 is 14.3 Å². The van der Waals surface area contributed by atoms with Gasteiger partial charge in [-0.15, -0.1) is 0 Å². The minimum Gasteiger partial charge on any atom is -0.466 e. The van der Waals surface area contributed by atoms with Gasteiger partial charge in [-0.3, -0.25) is 9.59 Å². The van der Waals surface area contributed by atoms with Crippen LogP contribution in [0.15, 0.2) is 0 Å². The zero-order valence-electron chi connectivity index (χ0n) is 6.35. The monoisotopic (exact) mass is 160 g/mol. The minimum atomic E-state index is -0.400. The van der Waals surface area contributed by atoms with Crippen LogP contribution in [0.25, 0.3) is 0 Å². The van der Waals surface area contributed by atoms with E-state index in [2.05, 4.69) is 4.74 Å². The van der Waals surface area contributed by atoms with Gasteiger partial charge in [0.25, 0.3) is 0 Å². The highest BCUT2D eigenvalue weighted by atomic mass is 28.1. The third kappa shape index (κ3) is 5.49. The Bertz CT molecular complexity index is 133. The molecule has 0 fully saturated rings. The maximum Gasteiger partial charge on any atom is 0.313 e. The van der Waals surface area contributed by atoms with Gasteiger partial charge in [-0.1, -0.05) is 0 Å². The molecule has 0 aromatic heterocycles. The summed E-state index contributed by atoms with van der Waals surface area (Å²) in [7, 11) is 1.03. The molecule has 0 aliphatic heterocycles. The maximum absolute atomic E-state index is 10.6. The lowest BCUT2D eigenvalue weighted by Crippen LogP contribution is -2.09. The van der Waals surface area contributed by atoms with Crippen LogP contribution in [0.1, 0.15) is 13.3 Å². The van der Waals surface area contributed by atoms with Gasteiger partial charge in [0, 0.05) is 10.2 Å². The summed E-state index contributed by atoms with van der Waals surface area (Å²) in [5, 5.41) is 0. The second-order valence-corrected chi connectivity index (χ2v) is 3.10. The number of esters is 1. The molecular weight excluding hydrogens is 148 g/mol. The number of hydrogen-bond donors (Lipinski definition) is 0. The van der Waals surface area contributed by atoms with Crippen LogP contribution in [0.4, 0.5) is 0 Å². The van der Waals surface area contributed by atoms with Crippen molar-refractivity contribution in [3.05, 3.63) is 0 Å². The molecule has 3 nitrogen and oxygen atoms in total. The van der Waals surface area contributed by atoms with E-state index in [4.69, 9.17) is 0 Å². The van der Waals surface area contributed by atoms with Crippen LogP contribution >= 0.6 is 0 Å². The molecule has 4 heteroatoms. The fourth-order valence-electron chi connectivity index (χ4n) is 0.470. The molecule has 0 spiro atoms. The van der Waals surface area contributed by atoms with E-state index in [1.54, 1.807) is 0 Å². The zero-order chi connectivity index (χ0) is 7.98.